The molecule has 5 rings (SSSR count). The molecule has 0 bridgehead atoms. The van der Waals surface area contributed by atoms with Gasteiger partial charge in [-0.3, -0.25) is 14.9 Å². The van der Waals surface area contributed by atoms with Crippen molar-refractivity contribution in [2.75, 3.05) is 37.7 Å². The van der Waals surface area contributed by atoms with Crippen molar-refractivity contribution in [2.24, 2.45) is 5.92 Å². The molecule has 3 aliphatic rings. The topological polar surface area (TPSA) is 85.2 Å². The molecular weight excluding hydrogens is 434 g/mol. The number of fused-ring (bicyclic) bond motifs is 1. The van der Waals surface area contributed by atoms with Crippen molar-refractivity contribution in [3.8, 4) is 11.5 Å². The van der Waals surface area contributed by atoms with E-state index in [0.717, 1.165) is 56.5 Å². The van der Waals surface area contributed by atoms with Crippen LogP contribution in [0.25, 0.3) is 0 Å². The van der Waals surface area contributed by atoms with Gasteiger partial charge in [0.15, 0.2) is 11.5 Å². The Morgan fingerprint density at radius 1 is 1.00 bits per heavy atom. The lowest BCUT2D eigenvalue weighted by Gasteiger charge is -2.32. The van der Waals surface area contributed by atoms with Crippen molar-refractivity contribution in [1.82, 2.24) is 4.90 Å². The minimum atomic E-state index is -0.364. The second kappa shape index (κ2) is 9.52. The fraction of sp³-hybridized carbons (Fsp3) is 0.500. The highest BCUT2D eigenvalue weighted by Gasteiger charge is 2.33. The van der Waals surface area contributed by atoms with E-state index in [2.05, 4.69) is 11.8 Å². The molecule has 2 unspecified atom stereocenters. The van der Waals surface area contributed by atoms with E-state index in [4.69, 9.17) is 9.47 Å². The summed E-state index contributed by atoms with van der Waals surface area (Å²) < 4.78 is 11.6. The zero-order valence-corrected chi connectivity index (χ0v) is 19.6. The molecule has 8 heteroatoms. The highest BCUT2D eigenvalue weighted by molar-refractivity contribution is 5.96. The maximum atomic E-state index is 13.5. The van der Waals surface area contributed by atoms with E-state index in [0.29, 0.717) is 42.7 Å². The van der Waals surface area contributed by atoms with Gasteiger partial charge in [0.2, 0.25) is 0 Å². The van der Waals surface area contributed by atoms with Crippen LogP contribution in [0.1, 0.15) is 61.0 Å². The molecule has 3 heterocycles. The highest BCUT2D eigenvalue weighted by atomic mass is 16.6. The minimum Gasteiger partial charge on any atom is -0.490 e. The van der Waals surface area contributed by atoms with Crippen molar-refractivity contribution >= 4 is 17.3 Å². The summed E-state index contributed by atoms with van der Waals surface area (Å²) in [4.78, 5) is 29.0. The number of piperidine rings is 1. The van der Waals surface area contributed by atoms with Crippen LogP contribution in [0.15, 0.2) is 36.4 Å². The summed E-state index contributed by atoms with van der Waals surface area (Å²) in [5.74, 6) is 1.77. The molecule has 0 spiro atoms. The van der Waals surface area contributed by atoms with E-state index >= 15 is 0 Å². The number of nitro groups is 1. The van der Waals surface area contributed by atoms with Crippen LogP contribution in [0.4, 0.5) is 11.4 Å². The van der Waals surface area contributed by atoms with Gasteiger partial charge >= 0.3 is 0 Å². The van der Waals surface area contributed by atoms with Crippen LogP contribution >= 0.6 is 0 Å². The maximum absolute atomic E-state index is 13.5. The number of nitrogens with zero attached hydrogens (tertiary/aromatic N) is 3. The van der Waals surface area contributed by atoms with Crippen LogP contribution in [0.5, 0.6) is 11.5 Å². The first-order valence-electron chi connectivity index (χ1n) is 12.2. The molecule has 2 aromatic rings. The van der Waals surface area contributed by atoms with Crippen molar-refractivity contribution in [3.63, 3.8) is 0 Å². The van der Waals surface area contributed by atoms with Crippen LogP contribution in [0.2, 0.25) is 0 Å². The third-order valence-electron chi connectivity index (χ3n) is 7.09. The van der Waals surface area contributed by atoms with Crippen LogP contribution in [-0.4, -0.2) is 48.6 Å². The molecule has 0 N–H and O–H groups in total. The molecule has 2 saturated heterocycles. The molecule has 2 aromatic carbocycles. The van der Waals surface area contributed by atoms with Gasteiger partial charge < -0.3 is 19.3 Å². The molecule has 1 amide bonds. The number of carbonyl (C=O) groups excluding carboxylic acids is 1. The molecule has 2 fully saturated rings. The average Bonchev–Trinajstić information content (AvgIpc) is 3.21. The summed E-state index contributed by atoms with van der Waals surface area (Å²) in [5.41, 5.74) is 1.98. The van der Waals surface area contributed by atoms with Gasteiger partial charge in [-0.25, -0.2) is 0 Å². The van der Waals surface area contributed by atoms with Gasteiger partial charge in [0.1, 0.15) is 5.69 Å². The summed E-state index contributed by atoms with van der Waals surface area (Å²) in [6, 6.07) is 10.7. The van der Waals surface area contributed by atoms with E-state index in [1.807, 2.05) is 23.1 Å². The predicted octanol–water partition coefficient (Wildman–Crippen LogP) is 4.97. The minimum absolute atomic E-state index is 0.00581. The number of amides is 1. The van der Waals surface area contributed by atoms with Gasteiger partial charge in [0.25, 0.3) is 11.6 Å². The van der Waals surface area contributed by atoms with Gasteiger partial charge in [-0.05, 0) is 61.4 Å². The number of rotatable bonds is 4. The highest BCUT2D eigenvalue weighted by Crippen LogP contribution is 2.39. The quantitative estimate of drug-likeness (QED) is 0.468. The molecule has 0 aliphatic carbocycles. The average molecular weight is 466 g/mol. The lowest BCUT2D eigenvalue weighted by Crippen LogP contribution is -2.35. The van der Waals surface area contributed by atoms with Crippen molar-refractivity contribution in [3.05, 3.63) is 57.6 Å². The molecule has 0 radical (unpaired) electrons. The van der Waals surface area contributed by atoms with Gasteiger partial charge in [-0.1, -0.05) is 13.0 Å². The van der Waals surface area contributed by atoms with Crippen LogP contribution in [-0.2, 0) is 0 Å². The number of ether oxygens (including phenoxy) is 2. The number of nitro benzene ring substituents is 1. The first-order valence-corrected chi connectivity index (χ1v) is 12.2. The second-order valence-electron chi connectivity index (χ2n) is 9.57. The fourth-order valence-electron chi connectivity index (χ4n) is 5.39. The van der Waals surface area contributed by atoms with E-state index in [1.54, 1.807) is 12.1 Å². The lowest BCUT2D eigenvalue weighted by molar-refractivity contribution is -0.384. The van der Waals surface area contributed by atoms with E-state index in [9.17, 15) is 14.9 Å². The fourth-order valence-corrected chi connectivity index (χ4v) is 5.39. The molecule has 180 valence electrons. The molecule has 0 saturated carbocycles. The zero-order valence-electron chi connectivity index (χ0n) is 19.6. The zero-order chi connectivity index (χ0) is 23.7. The molecular formula is C26H31N3O5. The smallest absolute Gasteiger partial charge is 0.293 e. The van der Waals surface area contributed by atoms with Crippen molar-refractivity contribution in [1.29, 1.82) is 0 Å². The first kappa shape index (κ1) is 22.5. The van der Waals surface area contributed by atoms with Crippen molar-refractivity contribution in [2.45, 2.75) is 45.1 Å². The number of benzene rings is 2. The number of likely N-dealkylation sites (tertiary alicyclic amines) is 1. The Bertz CT molecular complexity index is 1090. The summed E-state index contributed by atoms with van der Waals surface area (Å²) in [6.45, 7) is 5.63. The molecule has 2 atom stereocenters. The Labute approximate surface area is 199 Å². The second-order valence-corrected chi connectivity index (χ2v) is 9.57. The van der Waals surface area contributed by atoms with Crippen LogP contribution in [0.3, 0.4) is 0 Å². The third-order valence-corrected chi connectivity index (χ3v) is 7.09. The van der Waals surface area contributed by atoms with Gasteiger partial charge in [-0.15, -0.1) is 0 Å². The maximum Gasteiger partial charge on any atom is 0.293 e. The summed E-state index contributed by atoms with van der Waals surface area (Å²) in [7, 11) is 0. The number of carbonyl (C=O) groups is 1. The van der Waals surface area contributed by atoms with E-state index < -0.39 is 0 Å². The monoisotopic (exact) mass is 465 g/mol. The Morgan fingerprint density at radius 2 is 1.79 bits per heavy atom. The van der Waals surface area contributed by atoms with Crippen LogP contribution < -0.4 is 14.4 Å². The Morgan fingerprint density at radius 3 is 2.59 bits per heavy atom. The number of hydrogen-bond acceptors (Lipinski definition) is 6. The Kier molecular flexibility index (Phi) is 6.30. The Hall–Kier alpha value is -3.29. The van der Waals surface area contributed by atoms with E-state index in [-0.39, 0.29) is 22.6 Å². The summed E-state index contributed by atoms with van der Waals surface area (Å²) in [6.07, 6.45) is 4.72. The normalized spacial score (nSPS) is 22.4. The van der Waals surface area contributed by atoms with Gasteiger partial charge in [-0.2, -0.15) is 0 Å². The molecule has 3 aliphatic heterocycles. The molecule has 0 aromatic heterocycles. The van der Waals surface area contributed by atoms with Crippen molar-refractivity contribution < 1.29 is 19.2 Å². The SMILES string of the molecule is CC1CCCN(c2ccc(C(=O)N3CCCC3c3ccc4c(c3)OCCCO4)cc2[N+](=O)[O-])C1. The third kappa shape index (κ3) is 4.41. The number of anilines is 1. The van der Waals surface area contributed by atoms with Crippen LogP contribution in [0, 0.1) is 16.0 Å². The van der Waals surface area contributed by atoms with Gasteiger partial charge in [0.05, 0.1) is 24.2 Å². The standard InChI is InChI=1S/C26H31N3O5/c1-18-5-2-11-27(17-18)22-9-7-20(15-23(22)29(31)32)26(30)28-12-3-6-21(28)19-8-10-24-25(16-19)34-14-4-13-33-24/h7-10,15-16,18,21H,2-6,11-14,17H2,1H3. The molecule has 8 nitrogen and oxygen atoms in total. The van der Waals surface area contributed by atoms with E-state index in [1.165, 1.54) is 6.07 Å². The summed E-state index contributed by atoms with van der Waals surface area (Å²) in [5, 5.41) is 11.9. The number of hydrogen-bond donors (Lipinski definition) is 0. The lowest BCUT2D eigenvalue weighted by atomic mass is 9.99. The van der Waals surface area contributed by atoms with Gasteiger partial charge in [0, 0.05) is 37.7 Å². The largest absolute Gasteiger partial charge is 0.490 e. The molecule has 34 heavy (non-hydrogen) atoms. The first-order chi connectivity index (χ1) is 16.5. The Balaban J connectivity index is 1.41. The summed E-state index contributed by atoms with van der Waals surface area (Å²) >= 11 is 0. The predicted molar refractivity (Wildman–Crippen MR) is 129 cm³/mol.